The summed E-state index contributed by atoms with van der Waals surface area (Å²) in [4.78, 5) is 9.04. The Kier molecular flexibility index (Phi) is 5.76. The van der Waals surface area contributed by atoms with Gasteiger partial charge in [0, 0.05) is 24.4 Å². The summed E-state index contributed by atoms with van der Waals surface area (Å²) in [5, 5.41) is 6.60. The van der Waals surface area contributed by atoms with E-state index in [-0.39, 0.29) is 0 Å². The van der Waals surface area contributed by atoms with E-state index in [1.165, 1.54) is 11.1 Å². The van der Waals surface area contributed by atoms with E-state index >= 15 is 0 Å². The maximum Gasteiger partial charge on any atom is 0.229 e. The lowest BCUT2D eigenvalue weighted by molar-refractivity contribution is 0.395. The molecule has 140 valence electrons. The number of nitrogens with one attached hydrogen (secondary N) is 2. The lowest BCUT2D eigenvalue weighted by Crippen LogP contribution is -2.06. The Morgan fingerprint density at radius 3 is 2.48 bits per heavy atom. The van der Waals surface area contributed by atoms with Gasteiger partial charge in [-0.3, -0.25) is 0 Å². The van der Waals surface area contributed by atoms with Crippen molar-refractivity contribution in [3.63, 3.8) is 0 Å². The van der Waals surface area contributed by atoms with E-state index in [0.717, 1.165) is 22.9 Å². The summed E-state index contributed by atoms with van der Waals surface area (Å²) in [5.74, 6) is 2.66. The van der Waals surface area contributed by atoms with Crippen molar-refractivity contribution in [2.24, 2.45) is 0 Å². The summed E-state index contributed by atoms with van der Waals surface area (Å²) in [6.45, 7) is 4.75. The van der Waals surface area contributed by atoms with Gasteiger partial charge in [-0.2, -0.15) is 4.98 Å². The number of anilines is 3. The number of aromatic nitrogens is 2. The zero-order valence-electron chi connectivity index (χ0n) is 16.0. The first-order valence-electron chi connectivity index (χ1n) is 8.72. The number of hydrogen-bond acceptors (Lipinski definition) is 6. The molecule has 3 aromatic rings. The van der Waals surface area contributed by atoms with Crippen LogP contribution in [0.2, 0.25) is 0 Å². The quantitative estimate of drug-likeness (QED) is 0.645. The van der Waals surface area contributed by atoms with E-state index in [4.69, 9.17) is 9.47 Å². The van der Waals surface area contributed by atoms with Crippen molar-refractivity contribution >= 4 is 17.5 Å². The summed E-state index contributed by atoms with van der Waals surface area (Å²) in [6.07, 6.45) is 0. The average Bonchev–Trinajstić information content (AvgIpc) is 2.67. The fourth-order valence-electron chi connectivity index (χ4n) is 2.73. The highest BCUT2D eigenvalue weighted by atomic mass is 16.5. The Bertz CT molecular complexity index is 928. The van der Waals surface area contributed by atoms with Crippen LogP contribution in [0.1, 0.15) is 16.8 Å². The maximum absolute atomic E-state index is 5.43. The van der Waals surface area contributed by atoms with Crippen LogP contribution in [-0.2, 0) is 6.54 Å². The Labute approximate surface area is 159 Å². The molecule has 0 amide bonds. The summed E-state index contributed by atoms with van der Waals surface area (Å²) < 4.78 is 10.7. The van der Waals surface area contributed by atoms with E-state index in [9.17, 15) is 0 Å². The molecule has 0 aliphatic rings. The molecule has 0 aliphatic heterocycles. The smallest absolute Gasteiger partial charge is 0.229 e. The molecule has 3 rings (SSSR count). The lowest BCUT2D eigenvalue weighted by atomic mass is 10.1. The van der Waals surface area contributed by atoms with Crippen molar-refractivity contribution < 1.29 is 9.47 Å². The summed E-state index contributed by atoms with van der Waals surface area (Å²) in [7, 11) is 3.24. The first-order chi connectivity index (χ1) is 13.1. The van der Waals surface area contributed by atoms with E-state index in [1.807, 2.05) is 43.3 Å². The molecule has 27 heavy (non-hydrogen) atoms. The molecule has 0 fully saturated rings. The van der Waals surface area contributed by atoms with Crippen LogP contribution in [0.25, 0.3) is 0 Å². The highest BCUT2D eigenvalue weighted by Gasteiger charge is 2.09. The topological polar surface area (TPSA) is 68.3 Å². The van der Waals surface area contributed by atoms with Crippen molar-refractivity contribution in [2.75, 3.05) is 24.9 Å². The molecular weight excluding hydrogens is 340 g/mol. The standard InChI is InChI=1S/C21H24N4O2/c1-14-7-5-6-8-16(14)13-22-20-11-15(2)23-21(25-20)24-18-10-9-17(26-3)12-19(18)27-4/h5-12H,13H2,1-4H3,(H2,22,23,24,25). The lowest BCUT2D eigenvalue weighted by Gasteiger charge is -2.13. The molecule has 6 nitrogen and oxygen atoms in total. The number of nitrogens with zero attached hydrogens (tertiary/aromatic N) is 2. The van der Waals surface area contributed by atoms with Gasteiger partial charge in [-0.05, 0) is 37.1 Å². The van der Waals surface area contributed by atoms with Crippen LogP contribution in [0.3, 0.4) is 0 Å². The van der Waals surface area contributed by atoms with E-state index in [1.54, 1.807) is 14.2 Å². The highest BCUT2D eigenvalue weighted by molar-refractivity contribution is 5.65. The molecule has 2 N–H and O–H groups in total. The van der Waals surface area contributed by atoms with Crippen molar-refractivity contribution in [1.82, 2.24) is 9.97 Å². The second-order valence-corrected chi connectivity index (χ2v) is 6.19. The predicted molar refractivity (Wildman–Crippen MR) is 108 cm³/mol. The van der Waals surface area contributed by atoms with Crippen molar-refractivity contribution in [3.8, 4) is 11.5 Å². The molecular formula is C21H24N4O2. The van der Waals surface area contributed by atoms with Gasteiger partial charge in [0.1, 0.15) is 17.3 Å². The van der Waals surface area contributed by atoms with Crippen LogP contribution >= 0.6 is 0 Å². The Hall–Kier alpha value is -3.28. The van der Waals surface area contributed by atoms with Crippen LogP contribution in [0.5, 0.6) is 11.5 Å². The van der Waals surface area contributed by atoms with Gasteiger partial charge in [0.05, 0.1) is 19.9 Å². The molecule has 1 heterocycles. The van der Waals surface area contributed by atoms with Crippen molar-refractivity contribution in [2.45, 2.75) is 20.4 Å². The third-order valence-corrected chi connectivity index (χ3v) is 4.23. The molecule has 0 bridgehead atoms. The van der Waals surface area contributed by atoms with Gasteiger partial charge in [-0.15, -0.1) is 0 Å². The second kappa shape index (κ2) is 8.40. The molecule has 6 heteroatoms. The molecule has 0 aliphatic carbocycles. The van der Waals surface area contributed by atoms with E-state index in [0.29, 0.717) is 18.2 Å². The van der Waals surface area contributed by atoms with E-state index < -0.39 is 0 Å². The predicted octanol–water partition coefficient (Wildman–Crippen LogP) is 4.47. The normalized spacial score (nSPS) is 10.4. The number of ether oxygens (including phenoxy) is 2. The Morgan fingerprint density at radius 1 is 0.926 bits per heavy atom. The van der Waals surface area contributed by atoms with Gasteiger partial charge in [-0.25, -0.2) is 4.98 Å². The van der Waals surface area contributed by atoms with Gasteiger partial charge in [0.2, 0.25) is 5.95 Å². The minimum atomic E-state index is 0.505. The van der Waals surface area contributed by atoms with Gasteiger partial charge in [0.15, 0.2) is 0 Å². The number of aryl methyl sites for hydroxylation is 2. The number of methoxy groups -OCH3 is 2. The van der Waals surface area contributed by atoms with Crippen LogP contribution in [0, 0.1) is 13.8 Å². The molecule has 0 radical (unpaired) electrons. The third-order valence-electron chi connectivity index (χ3n) is 4.23. The maximum atomic E-state index is 5.43. The highest BCUT2D eigenvalue weighted by Crippen LogP contribution is 2.31. The summed E-state index contributed by atoms with van der Waals surface area (Å²) in [5.41, 5.74) is 4.12. The molecule has 0 saturated carbocycles. The molecule has 0 spiro atoms. The first kappa shape index (κ1) is 18.5. The van der Waals surface area contributed by atoms with Gasteiger partial charge >= 0.3 is 0 Å². The average molecular weight is 364 g/mol. The largest absolute Gasteiger partial charge is 0.497 e. The zero-order chi connectivity index (χ0) is 19.2. The van der Waals surface area contributed by atoms with Crippen LogP contribution in [-0.4, -0.2) is 24.2 Å². The number of benzene rings is 2. The van der Waals surface area contributed by atoms with Crippen LogP contribution in [0.4, 0.5) is 17.5 Å². The van der Waals surface area contributed by atoms with Gasteiger partial charge in [-0.1, -0.05) is 24.3 Å². The molecule has 0 saturated heterocycles. The number of hydrogen-bond donors (Lipinski definition) is 2. The van der Waals surface area contributed by atoms with Crippen molar-refractivity contribution in [3.05, 3.63) is 65.4 Å². The molecule has 0 unspecified atom stereocenters. The molecule has 1 aromatic heterocycles. The zero-order valence-corrected chi connectivity index (χ0v) is 16.0. The van der Waals surface area contributed by atoms with Gasteiger partial charge < -0.3 is 20.1 Å². The monoisotopic (exact) mass is 364 g/mol. The fraction of sp³-hybridized carbons (Fsp3) is 0.238. The first-order valence-corrected chi connectivity index (χ1v) is 8.72. The third kappa shape index (κ3) is 4.67. The SMILES string of the molecule is COc1ccc(Nc2nc(C)cc(NCc3ccccc3C)n2)c(OC)c1. The van der Waals surface area contributed by atoms with Gasteiger partial charge in [0.25, 0.3) is 0 Å². The summed E-state index contributed by atoms with van der Waals surface area (Å²) >= 11 is 0. The fourth-order valence-corrected chi connectivity index (χ4v) is 2.73. The van der Waals surface area contributed by atoms with E-state index in [2.05, 4.69) is 39.7 Å². The second-order valence-electron chi connectivity index (χ2n) is 6.19. The molecule has 0 atom stereocenters. The Balaban J connectivity index is 1.78. The minimum Gasteiger partial charge on any atom is -0.497 e. The Morgan fingerprint density at radius 2 is 1.74 bits per heavy atom. The minimum absolute atomic E-state index is 0.505. The number of rotatable bonds is 7. The summed E-state index contributed by atoms with van der Waals surface area (Å²) in [6, 6.07) is 15.8. The van der Waals surface area contributed by atoms with Crippen LogP contribution < -0.4 is 20.1 Å². The molecule has 2 aromatic carbocycles. The van der Waals surface area contributed by atoms with Crippen molar-refractivity contribution in [1.29, 1.82) is 0 Å². The van der Waals surface area contributed by atoms with Crippen LogP contribution in [0.15, 0.2) is 48.5 Å².